The van der Waals surface area contributed by atoms with Gasteiger partial charge in [0, 0.05) is 6.54 Å². The Bertz CT molecular complexity index is 608. The number of β-lactam (4-membered cyclic amide) rings is 1. The van der Waals surface area contributed by atoms with Crippen molar-refractivity contribution >= 4 is 12.0 Å². The Balaban J connectivity index is 1.71. The number of fused-ring (bicyclic) bond motifs is 1. The first kappa shape index (κ1) is 15.8. The van der Waals surface area contributed by atoms with Crippen LogP contribution in [0.2, 0.25) is 0 Å². The number of carbonyl (C=O) groups excluding carboxylic acids is 2. The Hall–Kier alpha value is -2.04. The Morgan fingerprint density at radius 2 is 1.91 bits per heavy atom. The molecular formula is C18H24N2O3. The molecule has 2 aliphatic heterocycles. The molecule has 5 nitrogen and oxygen atoms in total. The Labute approximate surface area is 137 Å². The molecule has 3 rings (SSSR count). The van der Waals surface area contributed by atoms with Crippen molar-refractivity contribution in [2.24, 2.45) is 0 Å². The fourth-order valence-corrected chi connectivity index (χ4v) is 3.49. The zero-order chi connectivity index (χ0) is 16.8. The summed E-state index contributed by atoms with van der Waals surface area (Å²) < 4.78 is 5.42. The zero-order valence-electron chi connectivity index (χ0n) is 14.2. The highest BCUT2D eigenvalue weighted by molar-refractivity contribution is 5.93. The van der Waals surface area contributed by atoms with Gasteiger partial charge in [-0.05, 0) is 39.7 Å². The minimum absolute atomic E-state index is 0.0229. The third-order valence-electron chi connectivity index (χ3n) is 4.56. The van der Waals surface area contributed by atoms with Gasteiger partial charge in [0.15, 0.2) is 0 Å². The maximum Gasteiger partial charge on any atom is 0.411 e. The molecule has 0 aromatic heterocycles. The zero-order valence-corrected chi connectivity index (χ0v) is 14.2. The van der Waals surface area contributed by atoms with E-state index >= 15 is 0 Å². The van der Waals surface area contributed by atoms with E-state index in [-0.39, 0.29) is 30.1 Å². The Morgan fingerprint density at radius 1 is 1.26 bits per heavy atom. The normalized spacial score (nSPS) is 25.0. The van der Waals surface area contributed by atoms with Crippen molar-refractivity contribution in [1.82, 2.24) is 9.80 Å². The van der Waals surface area contributed by atoms with Crippen molar-refractivity contribution in [1.29, 1.82) is 0 Å². The number of nitrogens with zero attached hydrogens (tertiary/aromatic N) is 2. The predicted molar refractivity (Wildman–Crippen MR) is 86.8 cm³/mol. The molecule has 2 amide bonds. The molecule has 2 unspecified atom stereocenters. The van der Waals surface area contributed by atoms with Crippen LogP contribution in [0.15, 0.2) is 30.3 Å². The maximum absolute atomic E-state index is 12.6. The highest BCUT2D eigenvalue weighted by Gasteiger charge is 2.57. The van der Waals surface area contributed by atoms with Gasteiger partial charge in [0.05, 0.1) is 12.1 Å². The van der Waals surface area contributed by atoms with Crippen molar-refractivity contribution in [2.45, 2.75) is 57.8 Å². The van der Waals surface area contributed by atoms with Gasteiger partial charge in [-0.1, -0.05) is 30.3 Å². The van der Waals surface area contributed by atoms with Crippen molar-refractivity contribution in [3.8, 4) is 0 Å². The van der Waals surface area contributed by atoms with Gasteiger partial charge in [-0.3, -0.25) is 9.69 Å². The molecule has 124 valence electrons. The molecule has 0 aliphatic carbocycles. The van der Waals surface area contributed by atoms with Crippen LogP contribution in [-0.4, -0.2) is 46.0 Å². The molecule has 1 aromatic rings. The van der Waals surface area contributed by atoms with Crippen LogP contribution in [0.4, 0.5) is 4.79 Å². The molecule has 0 bridgehead atoms. The molecule has 3 atom stereocenters. The lowest BCUT2D eigenvalue weighted by molar-refractivity contribution is -0.157. The fraction of sp³-hybridized carbons (Fsp3) is 0.556. The topological polar surface area (TPSA) is 49.9 Å². The van der Waals surface area contributed by atoms with Gasteiger partial charge in [0.2, 0.25) is 5.91 Å². The van der Waals surface area contributed by atoms with E-state index < -0.39 is 5.60 Å². The van der Waals surface area contributed by atoms with Crippen LogP contribution in [-0.2, 0) is 9.53 Å². The molecule has 0 saturated carbocycles. The molecule has 5 heteroatoms. The van der Waals surface area contributed by atoms with Crippen LogP contribution >= 0.6 is 0 Å². The molecule has 0 radical (unpaired) electrons. The first-order chi connectivity index (χ1) is 10.8. The number of benzene rings is 1. The van der Waals surface area contributed by atoms with Crippen LogP contribution in [0, 0.1) is 0 Å². The third-order valence-corrected chi connectivity index (χ3v) is 4.56. The second-order valence-corrected chi connectivity index (χ2v) is 7.31. The first-order valence-electron chi connectivity index (χ1n) is 8.16. The molecule has 0 spiro atoms. The highest BCUT2D eigenvalue weighted by Crippen LogP contribution is 2.40. The summed E-state index contributed by atoms with van der Waals surface area (Å²) in [4.78, 5) is 28.4. The summed E-state index contributed by atoms with van der Waals surface area (Å²) in [7, 11) is 0. The lowest BCUT2D eigenvalue weighted by Crippen LogP contribution is -2.67. The van der Waals surface area contributed by atoms with E-state index in [1.807, 2.05) is 62.9 Å². The monoisotopic (exact) mass is 316 g/mol. The molecule has 2 aliphatic rings. The number of hydrogen-bond acceptors (Lipinski definition) is 3. The number of amides is 2. The molecule has 23 heavy (non-hydrogen) atoms. The standard InChI is InChI=1S/C18H24N2O3/c1-12(13-8-6-5-7-9-13)20-14-10-11-19(15(14)16(20)21)17(22)23-18(2,3)4/h5-9,12,14-15H,10-11H2,1-4H3/t12-,14?,15?/m0/s1. The molecule has 2 saturated heterocycles. The van der Waals surface area contributed by atoms with Crippen LogP contribution in [0.5, 0.6) is 0 Å². The number of hydrogen-bond donors (Lipinski definition) is 0. The average Bonchev–Trinajstić information content (AvgIpc) is 2.86. The van der Waals surface area contributed by atoms with Crippen molar-refractivity contribution in [3.63, 3.8) is 0 Å². The summed E-state index contributed by atoms with van der Waals surface area (Å²) in [6.45, 7) is 8.13. The average molecular weight is 316 g/mol. The molecule has 2 fully saturated rings. The van der Waals surface area contributed by atoms with E-state index in [0.29, 0.717) is 6.54 Å². The van der Waals surface area contributed by atoms with Gasteiger partial charge in [-0.25, -0.2) is 4.79 Å². The Kier molecular flexibility index (Phi) is 3.82. The van der Waals surface area contributed by atoms with Crippen molar-refractivity contribution in [3.05, 3.63) is 35.9 Å². The number of likely N-dealkylation sites (tertiary alicyclic amines) is 2. The van der Waals surface area contributed by atoms with Gasteiger partial charge in [-0.2, -0.15) is 0 Å². The number of ether oxygens (including phenoxy) is 1. The molecular weight excluding hydrogens is 292 g/mol. The van der Waals surface area contributed by atoms with Gasteiger partial charge in [0.1, 0.15) is 11.6 Å². The molecule has 2 heterocycles. The van der Waals surface area contributed by atoms with Crippen molar-refractivity contribution in [2.75, 3.05) is 6.54 Å². The SMILES string of the molecule is C[C@@H](c1ccccc1)N1C(=O)C2C1CCN2C(=O)OC(C)(C)C. The van der Waals surface area contributed by atoms with Gasteiger partial charge in [-0.15, -0.1) is 0 Å². The fourth-order valence-electron chi connectivity index (χ4n) is 3.49. The van der Waals surface area contributed by atoms with Crippen molar-refractivity contribution < 1.29 is 14.3 Å². The van der Waals surface area contributed by atoms with Gasteiger partial charge in [0.25, 0.3) is 0 Å². The van der Waals surface area contributed by atoms with E-state index in [2.05, 4.69) is 0 Å². The second kappa shape index (κ2) is 5.55. The summed E-state index contributed by atoms with van der Waals surface area (Å²) >= 11 is 0. The van der Waals surface area contributed by atoms with E-state index in [1.54, 1.807) is 4.90 Å². The minimum Gasteiger partial charge on any atom is -0.444 e. The smallest absolute Gasteiger partial charge is 0.411 e. The quantitative estimate of drug-likeness (QED) is 0.788. The number of rotatable bonds is 2. The van der Waals surface area contributed by atoms with E-state index in [1.165, 1.54) is 0 Å². The van der Waals surface area contributed by atoms with Crippen LogP contribution in [0.1, 0.15) is 45.7 Å². The minimum atomic E-state index is -0.543. The van der Waals surface area contributed by atoms with E-state index in [0.717, 1.165) is 12.0 Å². The summed E-state index contributed by atoms with van der Waals surface area (Å²) in [6, 6.07) is 9.78. The maximum atomic E-state index is 12.6. The third kappa shape index (κ3) is 2.80. The first-order valence-corrected chi connectivity index (χ1v) is 8.16. The molecule has 1 aromatic carbocycles. The van der Waals surface area contributed by atoms with E-state index in [9.17, 15) is 9.59 Å². The summed E-state index contributed by atoms with van der Waals surface area (Å²) in [5, 5.41) is 0. The van der Waals surface area contributed by atoms with Crippen LogP contribution in [0.3, 0.4) is 0 Å². The van der Waals surface area contributed by atoms with Crippen LogP contribution in [0.25, 0.3) is 0 Å². The van der Waals surface area contributed by atoms with E-state index in [4.69, 9.17) is 4.74 Å². The molecule has 0 N–H and O–H groups in total. The second-order valence-electron chi connectivity index (χ2n) is 7.31. The summed E-state index contributed by atoms with van der Waals surface area (Å²) in [5.74, 6) is 0.0229. The Morgan fingerprint density at radius 3 is 2.52 bits per heavy atom. The highest BCUT2D eigenvalue weighted by atomic mass is 16.6. The van der Waals surface area contributed by atoms with Crippen LogP contribution < -0.4 is 0 Å². The van der Waals surface area contributed by atoms with Gasteiger partial charge < -0.3 is 9.64 Å². The van der Waals surface area contributed by atoms with Gasteiger partial charge >= 0.3 is 6.09 Å². The summed E-state index contributed by atoms with van der Waals surface area (Å²) in [6.07, 6.45) is 0.428. The number of carbonyl (C=O) groups is 2. The predicted octanol–water partition coefficient (Wildman–Crippen LogP) is 2.97. The largest absolute Gasteiger partial charge is 0.444 e. The lowest BCUT2D eigenvalue weighted by atomic mass is 9.91. The summed E-state index contributed by atoms with van der Waals surface area (Å²) in [5.41, 5.74) is 0.578. The lowest BCUT2D eigenvalue weighted by Gasteiger charge is -2.48.